The maximum Gasteiger partial charge on any atom is 0.252 e. The van der Waals surface area contributed by atoms with E-state index in [1.54, 1.807) is 17.6 Å². The third-order valence-electron chi connectivity index (χ3n) is 2.33. The van der Waals surface area contributed by atoms with E-state index >= 15 is 0 Å². The minimum absolute atomic E-state index is 0.0244. The summed E-state index contributed by atoms with van der Waals surface area (Å²) < 4.78 is 1.56. The van der Waals surface area contributed by atoms with E-state index in [1.165, 1.54) is 6.07 Å². The van der Waals surface area contributed by atoms with Crippen LogP contribution in [0.4, 0.5) is 5.82 Å². The van der Waals surface area contributed by atoms with Crippen LogP contribution in [0, 0.1) is 5.41 Å². The summed E-state index contributed by atoms with van der Waals surface area (Å²) in [5.74, 6) is 0.764. The van der Waals surface area contributed by atoms with Gasteiger partial charge in [-0.3, -0.25) is 9.36 Å². The summed E-state index contributed by atoms with van der Waals surface area (Å²) in [6.45, 7) is 9.02. The van der Waals surface area contributed by atoms with E-state index in [4.69, 9.17) is 11.1 Å². The first-order chi connectivity index (χ1) is 7.84. The highest BCUT2D eigenvalue weighted by molar-refractivity contribution is 6.00. The van der Waals surface area contributed by atoms with Crippen molar-refractivity contribution < 1.29 is 0 Å². The van der Waals surface area contributed by atoms with Crippen molar-refractivity contribution in [3.8, 4) is 0 Å². The molecular formula is C12H18N4O. The monoisotopic (exact) mass is 234 g/mol. The van der Waals surface area contributed by atoms with Crippen molar-refractivity contribution in [1.82, 2.24) is 4.57 Å². The standard InChI is InChI=1S/C12H18N4O/c1-7(2)16-11(17)6-5-10(8(3)13)12(16)15-9(4)14/h5-7,13,15H,4,14H2,1-3H3. The number of hydrogen-bond acceptors (Lipinski definition) is 4. The molecule has 1 aromatic heterocycles. The molecule has 17 heavy (non-hydrogen) atoms. The lowest BCUT2D eigenvalue weighted by molar-refractivity contribution is 0.585. The Morgan fingerprint density at radius 2 is 2.12 bits per heavy atom. The van der Waals surface area contributed by atoms with E-state index in [2.05, 4.69) is 11.9 Å². The minimum Gasteiger partial charge on any atom is -0.386 e. The third kappa shape index (κ3) is 2.75. The van der Waals surface area contributed by atoms with Gasteiger partial charge in [0.15, 0.2) is 0 Å². The third-order valence-corrected chi connectivity index (χ3v) is 2.33. The molecule has 92 valence electrons. The Morgan fingerprint density at radius 3 is 2.53 bits per heavy atom. The molecule has 0 radical (unpaired) electrons. The molecule has 0 amide bonds. The Morgan fingerprint density at radius 1 is 1.53 bits per heavy atom. The normalized spacial score (nSPS) is 10.4. The Hall–Kier alpha value is -2.04. The van der Waals surface area contributed by atoms with Gasteiger partial charge in [0.05, 0.1) is 5.82 Å². The molecular weight excluding hydrogens is 216 g/mol. The number of nitrogens with two attached hydrogens (primary N) is 1. The fraction of sp³-hybridized carbons (Fsp3) is 0.333. The van der Waals surface area contributed by atoms with Gasteiger partial charge in [0.1, 0.15) is 5.82 Å². The van der Waals surface area contributed by atoms with E-state index in [0.717, 1.165) is 0 Å². The fourth-order valence-corrected chi connectivity index (χ4v) is 1.65. The summed E-state index contributed by atoms with van der Waals surface area (Å²) in [5.41, 5.74) is 6.40. The summed E-state index contributed by atoms with van der Waals surface area (Å²) >= 11 is 0. The van der Waals surface area contributed by atoms with Crippen molar-refractivity contribution in [2.45, 2.75) is 26.8 Å². The van der Waals surface area contributed by atoms with Crippen molar-refractivity contribution in [3.63, 3.8) is 0 Å². The number of nitrogens with zero attached hydrogens (tertiary/aromatic N) is 1. The van der Waals surface area contributed by atoms with Crippen LogP contribution in [-0.2, 0) is 0 Å². The Labute approximate surface area is 100 Å². The second-order valence-electron chi connectivity index (χ2n) is 4.17. The van der Waals surface area contributed by atoms with E-state index in [9.17, 15) is 4.79 Å². The van der Waals surface area contributed by atoms with Crippen LogP contribution in [0.3, 0.4) is 0 Å². The first-order valence-electron chi connectivity index (χ1n) is 5.37. The Balaban J connectivity index is 3.55. The summed E-state index contributed by atoms with van der Waals surface area (Å²) in [6, 6.07) is 3.05. The largest absolute Gasteiger partial charge is 0.386 e. The number of anilines is 1. The average molecular weight is 234 g/mol. The zero-order valence-corrected chi connectivity index (χ0v) is 10.4. The molecule has 0 aromatic carbocycles. The SMILES string of the molecule is C=C(N)Nc1c(C(C)=N)ccc(=O)n1C(C)C. The second kappa shape index (κ2) is 4.86. The van der Waals surface area contributed by atoms with Gasteiger partial charge in [-0.05, 0) is 26.8 Å². The first-order valence-corrected chi connectivity index (χ1v) is 5.37. The lowest BCUT2D eigenvalue weighted by Crippen LogP contribution is -2.27. The predicted molar refractivity (Wildman–Crippen MR) is 70.5 cm³/mol. The number of rotatable bonds is 4. The maximum atomic E-state index is 11.8. The molecule has 1 heterocycles. The number of hydrogen-bond donors (Lipinski definition) is 3. The van der Waals surface area contributed by atoms with E-state index in [1.807, 2.05) is 13.8 Å². The van der Waals surface area contributed by atoms with E-state index in [-0.39, 0.29) is 17.4 Å². The zero-order chi connectivity index (χ0) is 13.2. The van der Waals surface area contributed by atoms with Crippen molar-refractivity contribution in [3.05, 3.63) is 40.4 Å². The molecule has 0 aliphatic carbocycles. The number of pyridine rings is 1. The van der Waals surface area contributed by atoms with Gasteiger partial charge in [0.2, 0.25) is 0 Å². The summed E-state index contributed by atoms with van der Waals surface area (Å²) in [4.78, 5) is 11.8. The molecule has 4 N–H and O–H groups in total. The highest BCUT2D eigenvalue weighted by atomic mass is 16.1. The van der Waals surface area contributed by atoms with Crippen LogP contribution >= 0.6 is 0 Å². The first kappa shape index (κ1) is 13.0. The van der Waals surface area contributed by atoms with Gasteiger partial charge in [-0.15, -0.1) is 0 Å². The lowest BCUT2D eigenvalue weighted by atomic mass is 10.1. The van der Waals surface area contributed by atoms with Crippen LogP contribution in [-0.4, -0.2) is 10.3 Å². The van der Waals surface area contributed by atoms with Gasteiger partial charge in [-0.2, -0.15) is 0 Å². The van der Waals surface area contributed by atoms with Crippen LogP contribution in [0.1, 0.15) is 32.4 Å². The zero-order valence-electron chi connectivity index (χ0n) is 10.4. The Kier molecular flexibility index (Phi) is 3.73. The molecule has 0 aliphatic rings. The van der Waals surface area contributed by atoms with Gasteiger partial charge in [0.25, 0.3) is 5.56 Å². The van der Waals surface area contributed by atoms with E-state index in [0.29, 0.717) is 17.1 Å². The van der Waals surface area contributed by atoms with Crippen molar-refractivity contribution in [2.75, 3.05) is 5.32 Å². The van der Waals surface area contributed by atoms with Crippen LogP contribution < -0.4 is 16.6 Å². The summed E-state index contributed by atoms with van der Waals surface area (Å²) in [7, 11) is 0. The van der Waals surface area contributed by atoms with Crippen molar-refractivity contribution in [2.24, 2.45) is 5.73 Å². The van der Waals surface area contributed by atoms with Crippen molar-refractivity contribution >= 4 is 11.5 Å². The summed E-state index contributed by atoms with van der Waals surface area (Å²) in [6.07, 6.45) is 0. The Bertz CT molecular complexity index is 514. The van der Waals surface area contributed by atoms with Crippen LogP contribution in [0.25, 0.3) is 0 Å². The maximum absolute atomic E-state index is 11.8. The van der Waals surface area contributed by atoms with E-state index < -0.39 is 0 Å². The average Bonchev–Trinajstić information content (AvgIpc) is 2.15. The number of aromatic nitrogens is 1. The topological polar surface area (TPSA) is 83.9 Å². The fourth-order valence-electron chi connectivity index (χ4n) is 1.65. The van der Waals surface area contributed by atoms with Crippen LogP contribution in [0.5, 0.6) is 0 Å². The molecule has 0 saturated heterocycles. The molecule has 0 bridgehead atoms. The molecule has 0 spiro atoms. The molecule has 0 atom stereocenters. The van der Waals surface area contributed by atoms with Crippen LogP contribution in [0.15, 0.2) is 29.3 Å². The quantitative estimate of drug-likeness (QED) is 0.693. The predicted octanol–water partition coefficient (Wildman–Crippen LogP) is 1.66. The minimum atomic E-state index is -0.131. The van der Waals surface area contributed by atoms with Gasteiger partial charge in [0, 0.05) is 23.4 Å². The van der Waals surface area contributed by atoms with Crippen molar-refractivity contribution in [1.29, 1.82) is 5.41 Å². The molecule has 5 nitrogen and oxygen atoms in total. The lowest BCUT2D eigenvalue weighted by Gasteiger charge is -2.20. The second-order valence-corrected chi connectivity index (χ2v) is 4.17. The highest BCUT2D eigenvalue weighted by Gasteiger charge is 2.13. The molecule has 0 aliphatic heterocycles. The molecule has 1 rings (SSSR count). The highest BCUT2D eigenvalue weighted by Crippen LogP contribution is 2.18. The molecule has 0 fully saturated rings. The van der Waals surface area contributed by atoms with Crippen LogP contribution in [0.2, 0.25) is 0 Å². The van der Waals surface area contributed by atoms with Gasteiger partial charge in [-0.1, -0.05) is 6.58 Å². The van der Waals surface area contributed by atoms with Gasteiger partial charge >= 0.3 is 0 Å². The molecule has 5 heteroatoms. The molecule has 0 unspecified atom stereocenters. The van der Waals surface area contributed by atoms with Gasteiger partial charge < -0.3 is 16.5 Å². The smallest absolute Gasteiger partial charge is 0.252 e. The molecule has 0 saturated carbocycles. The summed E-state index contributed by atoms with van der Waals surface area (Å²) in [5, 5.41) is 10.6. The number of nitrogens with one attached hydrogen (secondary N) is 2. The molecule has 1 aromatic rings. The van der Waals surface area contributed by atoms with Gasteiger partial charge in [-0.25, -0.2) is 0 Å².